The van der Waals surface area contributed by atoms with Crippen LogP contribution in [-0.4, -0.2) is 31.1 Å². The van der Waals surface area contributed by atoms with E-state index in [0.29, 0.717) is 18.8 Å². The molecule has 0 radical (unpaired) electrons. The largest absolute Gasteiger partial charge is 0.496 e. The van der Waals surface area contributed by atoms with Crippen LogP contribution in [0, 0.1) is 45.3 Å². The lowest BCUT2D eigenvalue weighted by atomic mass is 9.57. The van der Waals surface area contributed by atoms with Crippen LogP contribution < -0.4 is 10.5 Å². The maximum Gasteiger partial charge on any atom is 0.191 e. The summed E-state index contributed by atoms with van der Waals surface area (Å²) in [5, 5.41) is 32.6. The summed E-state index contributed by atoms with van der Waals surface area (Å²) in [6.07, 6.45) is 2.03. The van der Waals surface area contributed by atoms with E-state index >= 15 is 0 Å². The Balaban J connectivity index is 2.12. The van der Waals surface area contributed by atoms with Gasteiger partial charge in [-0.05, 0) is 36.3 Å². The van der Waals surface area contributed by atoms with Gasteiger partial charge in [0.15, 0.2) is 5.41 Å². The molecule has 0 amide bonds. The van der Waals surface area contributed by atoms with Crippen molar-refractivity contribution in [3.63, 3.8) is 0 Å². The molecule has 160 valence electrons. The maximum atomic E-state index is 10.4. The highest BCUT2D eigenvalue weighted by Crippen LogP contribution is 2.57. The van der Waals surface area contributed by atoms with Crippen molar-refractivity contribution in [2.75, 3.05) is 20.2 Å². The molecule has 32 heavy (non-hydrogen) atoms. The minimum absolute atomic E-state index is 0.0329. The molecule has 0 saturated heterocycles. The molecule has 0 unspecified atom stereocenters. The molecule has 6 nitrogen and oxygen atoms in total. The van der Waals surface area contributed by atoms with Gasteiger partial charge in [0, 0.05) is 36.5 Å². The van der Waals surface area contributed by atoms with E-state index in [9.17, 15) is 15.8 Å². The molecule has 2 atom stereocenters. The van der Waals surface area contributed by atoms with Gasteiger partial charge >= 0.3 is 0 Å². The predicted octanol–water partition coefficient (Wildman–Crippen LogP) is 3.98. The van der Waals surface area contributed by atoms with E-state index in [-0.39, 0.29) is 23.2 Å². The van der Waals surface area contributed by atoms with Crippen LogP contribution in [0.1, 0.15) is 25.3 Å². The fourth-order valence-corrected chi connectivity index (χ4v) is 5.21. The smallest absolute Gasteiger partial charge is 0.191 e. The molecule has 1 aliphatic heterocycles. The van der Waals surface area contributed by atoms with E-state index in [1.165, 1.54) is 0 Å². The van der Waals surface area contributed by atoms with Crippen molar-refractivity contribution >= 4 is 10.8 Å². The number of fused-ring (bicyclic) bond motifs is 2. The number of rotatable bonds is 3. The standard InChI is InChI=1S/C26H25N5O/c1-16(2)31-11-10-19-20(12-27)25(30)26(14-28,15-29)24(21(19)13-31)23-18-7-5-4-6-17(18)8-9-22(23)32-3/h4-10,16,21,24H,11,13,30H2,1-3H3/t21-,24-/m1/s1. The first-order valence-electron chi connectivity index (χ1n) is 10.7. The summed E-state index contributed by atoms with van der Waals surface area (Å²) in [6.45, 7) is 5.54. The average Bonchev–Trinajstić information content (AvgIpc) is 2.82. The third-order valence-electron chi connectivity index (χ3n) is 6.88. The monoisotopic (exact) mass is 423 g/mol. The summed E-state index contributed by atoms with van der Waals surface area (Å²) in [6, 6.07) is 18.6. The van der Waals surface area contributed by atoms with Gasteiger partial charge in [0.25, 0.3) is 0 Å². The Morgan fingerprint density at radius 1 is 1.12 bits per heavy atom. The molecule has 0 aromatic heterocycles. The van der Waals surface area contributed by atoms with Crippen molar-refractivity contribution in [2.24, 2.45) is 17.1 Å². The van der Waals surface area contributed by atoms with Gasteiger partial charge in [0.05, 0.1) is 30.5 Å². The Labute approximate surface area is 188 Å². The van der Waals surface area contributed by atoms with E-state index < -0.39 is 11.3 Å². The number of hydrogen-bond donors (Lipinski definition) is 1. The summed E-state index contributed by atoms with van der Waals surface area (Å²) >= 11 is 0. The molecule has 1 heterocycles. The molecule has 1 aliphatic carbocycles. The summed E-state index contributed by atoms with van der Waals surface area (Å²) in [5.41, 5.74) is 6.68. The van der Waals surface area contributed by atoms with Crippen molar-refractivity contribution in [3.8, 4) is 24.0 Å². The molecule has 2 N–H and O–H groups in total. The lowest BCUT2D eigenvalue weighted by molar-refractivity contribution is 0.173. The van der Waals surface area contributed by atoms with Crippen molar-refractivity contribution in [1.82, 2.24) is 4.90 Å². The Hall–Kier alpha value is -3.79. The lowest BCUT2D eigenvalue weighted by Gasteiger charge is -2.46. The van der Waals surface area contributed by atoms with Crippen molar-refractivity contribution in [1.29, 1.82) is 15.8 Å². The predicted molar refractivity (Wildman–Crippen MR) is 122 cm³/mol. The van der Waals surface area contributed by atoms with E-state index in [2.05, 4.69) is 37.0 Å². The van der Waals surface area contributed by atoms with Gasteiger partial charge < -0.3 is 10.5 Å². The second kappa shape index (κ2) is 8.04. The number of nitrogens with two attached hydrogens (primary N) is 1. The zero-order valence-electron chi connectivity index (χ0n) is 18.5. The number of benzene rings is 2. The number of nitriles is 3. The quantitative estimate of drug-likeness (QED) is 0.799. The van der Waals surface area contributed by atoms with Crippen molar-refractivity contribution in [2.45, 2.75) is 25.8 Å². The van der Waals surface area contributed by atoms with Crippen LogP contribution in [0.4, 0.5) is 0 Å². The Morgan fingerprint density at radius 3 is 2.47 bits per heavy atom. The van der Waals surface area contributed by atoms with Crippen molar-refractivity contribution < 1.29 is 4.74 Å². The number of allylic oxidation sites excluding steroid dienone is 2. The molecule has 6 heteroatoms. The first kappa shape index (κ1) is 21.4. The molecular formula is C26H25N5O. The van der Waals surface area contributed by atoms with Crippen LogP contribution in [0.3, 0.4) is 0 Å². The highest BCUT2D eigenvalue weighted by atomic mass is 16.5. The van der Waals surface area contributed by atoms with Gasteiger partial charge in [0.2, 0.25) is 0 Å². The molecule has 2 aromatic carbocycles. The molecule has 2 aliphatic rings. The number of hydrogen-bond acceptors (Lipinski definition) is 6. The first-order chi connectivity index (χ1) is 15.4. The molecule has 2 aromatic rings. The van der Waals surface area contributed by atoms with Crippen LogP contribution in [0.5, 0.6) is 5.75 Å². The van der Waals surface area contributed by atoms with E-state index in [1.807, 2.05) is 42.5 Å². The van der Waals surface area contributed by atoms with Gasteiger partial charge in [-0.2, -0.15) is 15.8 Å². The molecule has 0 fully saturated rings. The van der Waals surface area contributed by atoms with Crippen LogP contribution in [-0.2, 0) is 0 Å². The van der Waals surface area contributed by atoms with Crippen LogP contribution in [0.2, 0.25) is 0 Å². The second-order valence-corrected chi connectivity index (χ2v) is 8.63. The van der Waals surface area contributed by atoms with Crippen LogP contribution >= 0.6 is 0 Å². The molecule has 0 bridgehead atoms. The molecule has 0 saturated carbocycles. The van der Waals surface area contributed by atoms with E-state index in [1.54, 1.807) is 7.11 Å². The third-order valence-corrected chi connectivity index (χ3v) is 6.88. The summed E-state index contributed by atoms with van der Waals surface area (Å²) in [7, 11) is 1.59. The summed E-state index contributed by atoms with van der Waals surface area (Å²) < 4.78 is 5.76. The van der Waals surface area contributed by atoms with Gasteiger partial charge in [-0.25, -0.2) is 0 Å². The fraction of sp³-hybridized carbons (Fsp3) is 0.346. The molecule has 4 rings (SSSR count). The van der Waals surface area contributed by atoms with E-state index in [4.69, 9.17) is 10.5 Å². The summed E-state index contributed by atoms with van der Waals surface area (Å²) in [4.78, 5) is 2.29. The van der Waals surface area contributed by atoms with Gasteiger partial charge in [-0.15, -0.1) is 0 Å². The Bertz CT molecular complexity index is 1250. The Kier molecular flexibility index (Phi) is 5.39. The van der Waals surface area contributed by atoms with Crippen molar-refractivity contribution in [3.05, 3.63) is 64.9 Å². The van der Waals surface area contributed by atoms with Crippen LogP contribution in [0.15, 0.2) is 59.3 Å². The SMILES string of the molecule is COc1ccc2ccccc2c1[C@H]1[C@@H]2CN(C(C)C)CC=C2C(C#N)=C(N)C1(C#N)C#N. The molecule has 0 spiro atoms. The lowest BCUT2D eigenvalue weighted by Crippen LogP contribution is -2.49. The van der Waals surface area contributed by atoms with Crippen LogP contribution in [0.25, 0.3) is 10.8 Å². The Morgan fingerprint density at radius 2 is 1.84 bits per heavy atom. The minimum Gasteiger partial charge on any atom is -0.496 e. The first-order valence-corrected chi connectivity index (χ1v) is 10.7. The van der Waals surface area contributed by atoms with Gasteiger partial charge in [-0.3, -0.25) is 4.90 Å². The number of nitrogens with zero attached hydrogens (tertiary/aromatic N) is 4. The highest BCUT2D eigenvalue weighted by Gasteiger charge is 2.55. The van der Waals surface area contributed by atoms with Gasteiger partial charge in [0.1, 0.15) is 11.8 Å². The fourth-order valence-electron chi connectivity index (χ4n) is 5.21. The summed E-state index contributed by atoms with van der Waals surface area (Å²) in [5.74, 6) is -0.242. The zero-order chi connectivity index (χ0) is 23.0. The average molecular weight is 424 g/mol. The second-order valence-electron chi connectivity index (χ2n) is 8.63. The highest BCUT2D eigenvalue weighted by molar-refractivity contribution is 5.89. The number of methoxy groups -OCH3 is 1. The third kappa shape index (κ3) is 2.94. The van der Waals surface area contributed by atoms with E-state index in [0.717, 1.165) is 21.9 Å². The minimum atomic E-state index is -1.69. The maximum absolute atomic E-state index is 10.4. The normalized spacial score (nSPS) is 22.5. The van der Waals surface area contributed by atoms with Gasteiger partial charge in [-0.1, -0.05) is 36.4 Å². The zero-order valence-corrected chi connectivity index (χ0v) is 18.5. The number of ether oxygens (including phenoxy) is 1. The molecular weight excluding hydrogens is 398 g/mol. The topological polar surface area (TPSA) is 110 Å².